The van der Waals surface area contributed by atoms with E-state index in [9.17, 15) is 4.39 Å². The molecule has 2 aromatic rings. The Morgan fingerprint density at radius 1 is 0.889 bits per heavy atom. The van der Waals surface area contributed by atoms with Gasteiger partial charge in [-0.25, -0.2) is 4.39 Å². The van der Waals surface area contributed by atoms with Gasteiger partial charge in [-0.15, -0.1) is 0 Å². The maximum Gasteiger partial charge on any atom is 0.123 e. The minimum absolute atomic E-state index is 0.227. The number of halogens is 1. The summed E-state index contributed by atoms with van der Waals surface area (Å²) in [6.07, 6.45) is 0. The molecule has 1 heterocycles. The Balaban J connectivity index is 0.000000771. The largest absolute Gasteiger partial charge is 0.207 e. The van der Waals surface area contributed by atoms with Gasteiger partial charge in [-0.05, 0) is 50.1 Å². The summed E-state index contributed by atoms with van der Waals surface area (Å²) in [6.45, 7) is 9.72. The van der Waals surface area contributed by atoms with Crippen molar-refractivity contribution < 1.29 is 4.39 Å². The number of hydrogen-bond donors (Lipinski definition) is 0. The molecule has 0 aliphatic heterocycles. The highest BCUT2D eigenvalue weighted by Crippen LogP contribution is 2.26. The molecule has 0 amide bonds. The molecule has 0 radical (unpaired) electrons. The smallest absolute Gasteiger partial charge is 0.123 e. The van der Waals surface area contributed by atoms with Crippen molar-refractivity contribution in [3.8, 4) is 11.1 Å². The first kappa shape index (κ1) is 14.3. The first-order chi connectivity index (χ1) is 8.58. The maximum atomic E-state index is 13.2. The van der Waals surface area contributed by atoms with Gasteiger partial charge in [0.2, 0.25) is 0 Å². The Kier molecular flexibility index (Phi) is 4.95. The highest BCUT2D eigenvalue weighted by atomic mass is 19.1. The van der Waals surface area contributed by atoms with Crippen molar-refractivity contribution in [1.29, 1.82) is 0 Å². The Bertz CT molecular complexity index is 487. The molecule has 2 nitrogen and oxygen atoms in total. The summed E-state index contributed by atoms with van der Waals surface area (Å²) in [5, 5.41) is 8.03. The van der Waals surface area contributed by atoms with Crippen molar-refractivity contribution in [2.24, 2.45) is 0 Å². The topological polar surface area (TPSA) is 25.8 Å². The number of benzene rings is 1. The molecule has 18 heavy (non-hydrogen) atoms. The SMILES string of the molecule is CC.Cc1cc(-c2cc(F)ccc2C)c(C)nn1. The van der Waals surface area contributed by atoms with Gasteiger partial charge in [0, 0.05) is 5.56 Å². The van der Waals surface area contributed by atoms with Gasteiger partial charge in [0.25, 0.3) is 0 Å². The second kappa shape index (κ2) is 6.24. The fraction of sp³-hybridized carbons (Fsp3) is 0.333. The van der Waals surface area contributed by atoms with Gasteiger partial charge < -0.3 is 0 Å². The van der Waals surface area contributed by atoms with Crippen LogP contribution in [-0.4, -0.2) is 10.2 Å². The summed E-state index contributed by atoms with van der Waals surface area (Å²) in [5.74, 6) is -0.227. The van der Waals surface area contributed by atoms with E-state index >= 15 is 0 Å². The molecule has 0 bridgehead atoms. The van der Waals surface area contributed by atoms with Crippen LogP contribution >= 0.6 is 0 Å². The molecule has 2 rings (SSSR count). The van der Waals surface area contributed by atoms with Crippen LogP contribution in [0.15, 0.2) is 24.3 Å². The van der Waals surface area contributed by atoms with Gasteiger partial charge in [-0.2, -0.15) is 10.2 Å². The lowest BCUT2D eigenvalue weighted by Crippen LogP contribution is -1.95. The first-order valence-corrected chi connectivity index (χ1v) is 6.15. The highest BCUT2D eigenvalue weighted by Gasteiger charge is 2.08. The third-order valence-electron chi connectivity index (χ3n) is 2.59. The van der Waals surface area contributed by atoms with Crippen molar-refractivity contribution in [3.63, 3.8) is 0 Å². The molecule has 0 aliphatic rings. The van der Waals surface area contributed by atoms with Crippen molar-refractivity contribution in [3.05, 3.63) is 47.0 Å². The molecule has 0 unspecified atom stereocenters. The van der Waals surface area contributed by atoms with Crippen LogP contribution < -0.4 is 0 Å². The molecule has 3 heteroatoms. The predicted octanol–water partition coefficient (Wildman–Crippen LogP) is 4.23. The van der Waals surface area contributed by atoms with Gasteiger partial charge in [0.1, 0.15) is 5.82 Å². The zero-order valence-corrected chi connectivity index (χ0v) is 11.6. The summed E-state index contributed by atoms with van der Waals surface area (Å²) < 4.78 is 13.2. The maximum absolute atomic E-state index is 13.2. The Morgan fingerprint density at radius 3 is 2.22 bits per heavy atom. The van der Waals surface area contributed by atoms with E-state index < -0.39 is 0 Å². The van der Waals surface area contributed by atoms with Crippen molar-refractivity contribution in [1.82, 2.24) is 10.2 Å². The van der Waals surface area contributed by atoms with E-state index in [0.717, 1.165) is 28.1 Å². The van der Waals surface area contributed by atoms with Crippen molar-refractivity contribution >= 4 is 0 Å². The minimum atomic E-state index is -0.227. The molecule has 0 atom stereocenters. The molecule has 0 aliphatic carbocycles. The molecular formula is C15H19FN2. The normalized spacial score (nSPS) is 9.67. The quantitative estimate of drug-likeness (QED) is 0.752. The van der Waals surface area contributed by atoms with Crippen molar-refractivity contribution in [2.45, 2.75) is 34.6 Å². The van der Waals surface area contributed by atoms with Crippen LogP contribution in [0.2, 0.25) is 0 Å². The standard InChI is InChI=1S/C13H13FN2.C2H6/c1-8-4-5-11(14)7-12(8)13-6-9(2)15-16-10(13)3;1-2/h4-7H,1-3H3;1-2H3. The summed E-state index contributed by atoms with van der Waals surface area (Å²) in [6, 6.07) is 6.72. The second-order valence-corrected chi connectivity index (χ2v) is 3.94. The third-order valence-corrected chi connectivity index (χ3v) is 2.59. The molecule has 1 aromatic carbocycles. The summed E-state index contributed by atoms with van der Waals surface area (Å²) in [7, 11) is 0. The van der Waals surface area contributed by atoms with E-state index in [2.05, 4.69) is 10.2 Å². The van der Waals surface area contributed by atoms with Crippen LogP contribution in [0.4, 0.5) is 4.39 Å². The van der Waals surface area contributed by atoms with Gasteiger partial charge in [0.15, 0.2) is 0 Å². The molecule has 1 aromatic heterocycles. The Morgan fingerprint density at radius 2 is 1.56 bits per heavy atom. The zero-order valence-electron chi connectivity index (χ0n) is 11.6. The zero-order chi connectivity index (χ0) is 13.7. The van der Waals surface area contributed by atoms with E-state index in [1.165, 1.54) is 6.07 Å². The number of hydrogen-bond acceptors (Lipinski definition) is 2. The molecule has 0 N–H and O–H groups in total. The second-order valence-electron chi connectivity index (χ2n) is 3.94. The predicted molar refractivity (Wildman–Crippen MR) is 73.0 cm³/mol. The fourth-order valence-electron chi connectivity index (χ4n) is 1.71. The van der Waals surface area contributed by atoms with Crippen LogP contribution in [0.25, 0.3) is 11.1 Å². The average molecular weight is 246 g/mol. The van der Waals surface area contributed by atoms with Crippen LogP contribution in [-0.2, 0) is 0 Å². The summed E-state index contributed by atoms with van der Waals surface area (Å²) in [4.78, 5) is 0. The van der Waals surface area contributed by atoms with Gasteiger partial charge >= 0.3 is 0 Å². The van der Waals surface area contributed by atoms with Crippen LogP contribution in [0.1, 0.15) is 30.8 Å². The van der Waals surface area contributed by atoms with Gasteiger partial charge in [-0.1, -0.05) is 19.9 Å². The summed E-state index contributed by atoms with van der Waals surface area (Å²) >= 11 is 0. The van der Waals surface area contributed by atoms with Crippen molar-refractivity contribution in [2.75, 3.05) is 0 Å². The van der Waals surface area contributed by atoms with Crippen LogP contribution in [0.3, 0.4) is 0 Å². The van der Waals surface area contributed by atoms with Crippen LogP contribution in [0, 0.1) is 26.6 Å². The number of rotatable bonds is 1. The van der Waals surface area contributed by atoms with E-state index in [1.54, 1.807) is 12.1 Å². The Labute approximate surface area is 108 Å². The lowest BCUT2D eigenvalue weighted by atomic mass is 9.99. The first-order valence-electron chi connectivity index (χ1n) is 6.15. The van der Waals surface area contributed by atoms with Gasteiger partial charge in [0.05, 0.1) is 11.4 Å². The molecule has 0 fully saturated rings. The molecule has 0 spiro atoms. The fourth-order valence-corrected chi connectivity index (χ4v) is 1.71. The van der Waals surface area contributed by atoms with E-state index in [-0.39, 0.29) is 5.82 Å². The average Bonchev–Trinajstić information content (AvgIpc) is 2.38. The number of aryl methyl sites for hydroxylation is 3. The van der Waals surface area contributed by atoms with Gasteiger partial charge in [-0.3, -0.25) is 0 Å². The monoisotopic (exact) mass is 246 g/mol. The lowest BCUT2D eigenvalue weighted by molar-refractivity contribution is 0.628. The van der Waals surface area contributed by atoms with Crippen LogP contribution in [0.5, 0.6) is 0 Å². The molecule has 0 saturated carbocycles. The van der Waals surface area contributed by atoms with E-state index in [0.29, 0.717) is 0 Å². The number of nitrogens with zero attached hydrogens (tertiary/aromatic N) is 2. The molecule has 96 valence electrons. The summed E-state index contributed by atoms with van der Waals surface area (Å²) in [5.41, 5.74) is 4.53. The molecule has 0 saturated heterocycles. The number of aromatic nitrogens is 2. The highest BCUT2D eigenvalue weighted by molar-refractivity contribution is 5.69. The van der Waals surface area contributed by atoms with E-state index in [4.69, 9.17) is 0 Å². The third kappa shape index (κ3) is 3.13. The Hall–Kier alpha value is -1.77. The van der Waals surface area contributed by atoms with E-state index in [1.807, 2.05) is 40.7 Å². The minimum Gasteiger partial charge on any atom is -0.207 e. The molecular weight excluding hydrogens is 227 g/mol. The lowest BCUT2D eigenvalue weighted by Gasteiger charge is -2.08.